The second-order valence-corrected chi connectivity index (χ2v) is 8.14. The lowest BCUT2D eigenvalue weighted by Crippen LogP contribution is -2.13. The molecule has 0 saturated heterocycles. The normalized spacial score (nSPS) is 11.3. The fourth-order valence-corrected chi connectivity index (χ4v) is 4.27. The molecule has 2 aromatic carbocycles. The summed E-state index contributed by atoms with van der Waals surface area (Å²) < 4.78 is 23.1. The minimum absolute atomic E-state index is 0.0338. The van der Waals surface area contributed by atoms with Gasteiger partial charge in [0, 0.05) is 10.5 Å². The second-order valence-electron chi connectivity index (χ2n) is 6.26. The molecule has 0 fully saturated rings. The van der Waals surface area contributed by atoms with E-state index < -0.39 is 0 Å². The van der Waals surface area contributed by atoms with Crippen LogP contribution in [0.15, 0.2) is 47.4 Å². The largest absolute Gasteiger partial charge is 0.490 e. The molecule has 0 spiro atoms. The van der Waals surface area contributed by atoms with E-state index >= 15 is 0 Å². The number of nitrogens with zero attached hydrogens (tertiary/aromatic N) is 1. The van der Waals surface area contributed by atoms with Crippen LogP contribution in [0, 0.1) is 0 Å². The molecule has 0 unspecified atom stereocenters. The first kappa shape index (κ1) is 23.0. The summed E-state index contributed by atoms with van der Waals surface area (Å²) >= 11 is 3.36. The van der Waals surface area contributed by atoms with Gasteiger partial charge in [-0.2, -0.15) is 0 Å². The van der Waals surface area contributed by atoms with Crippen LogP contribution < -0.4 is 4.74 Å². The summed E-state index contributed by atoms with van der Waals surface area (Å²) in [5.74, 6) is 0.855. The zero-order valence-corrected chi connectivity index (χ0v) is 18.7. The van der Waals surface area contributed by atoms with Crippen LogP contribution in [0.1, 0.15) is 0 Å². The lowest BCUT2D eigenvalue weighted by molar-refractivity contribution is 0.00350. The summed E-state index contributed by atoms with van der Waals surface area (Å²) in [4.78, 5) is 5.82. The van der Waals surface area contributed by atoms with E-state index in [1.54, 1.807) is 23.1 Å². The zero-order valence-electron chi connectivity index (χ0n) is 17.0. The van der Waals surface area contributed by atoms with Crippen molar-refractivity contribution in [3.05, 3.63) is 42.5 Å². The first-order valence-electron chi connectivity index (χ1n) is 9.82. The summed E-state index contributed by atoms with van der Waals surface area (Å²) in [5, 5.41) is 9.61. The van der Waals surface area contributed by atoms with Crippen molar-refractivity contribution in [3.8, 4) is 16.3 Å². The Balaban J connectivity index is 1.41. The molecule has 1 aromatic heterocycles. The summed E-state index contributed by atoms with van der Waals surface area (Å²) in [5.41, 5.74) is 2.13. The Morgan fingerprint density at radius 3 is 2.30 bits per heavy atom. The molecule has 0 atom stereocenters. The molecule has 0 radical (unpaired) electrons. The van der Waals surface area contributed by atoms with Crippen molar-refractivity contribution in [1.29, 1.82) is 0 Å². The van der Waals surface area contributed by atoms with Crippen molar-refractivity contribution in [2.24, 2.45) is 0 Å². The smallest absolute Gasteiger partial charge is 0.133 e. The van der Waals surface area contributed by atoms with Gasteiger partial charge in [-0.1, -0.05) is 12.1 Å². The molecule has 8 heteroatoms. The number of thiazole rings is 1. The van der Waals surface area contributed by atoms with Crippen molar-refractivity contribution in [1.82, 2.24) is 4.98 Å². The quantitative estimate of drug-likeness (QED) is 0.293. The molecule has 6 nitrogen and oxygen atoms in total. The summed E-state index contributed by atoms with van der Waals surface area (Å²) in [6.07, 6.45) is 2.04. The maximum Gasteiger partial charge on any atom is 0.133 e. The van der Waals surface area contributed by atoms with E-state index in [1.165, 1.54) is 4.70 Å². The van der Waals surface area contributed by atoms with Gasteiger partial charge in [0.05, 0.1) is 56.5 Å². The number of ether oxygens (including phenoxy) is 4. The van der Waals surface area contributed by atoms with Gasteiger partial charge in [0.1, 0.15) is 17.4 Å². The molecule has 0 aliphatic carbocycles. The average Bonchev–Trinajstić information content (AvgIpc) is 3.22. The summed E-state index contributed by atoms with van der Waals surface area (Å²) in [6, 6.07) is 14.4. The fourth-order valence-electron chi connectivity index (χ4n) is 2.73. The van der Waals surface area contributed by atoms with Gasteiger partial charge in [-0.3, -0.25) is 0 Å². The number of benzene rings is 2. The molecule has 0 bridgehead atoms. The third-order valence-electron chi connectivity index (χ3n) is 4.17. The van der Waals surface area contributed by atoms with Gasteiger partial charge in [0.15, 0.2) is 0 Å². The molecule has 0 aliphatic rings. The maximum absolute atomic E-state index is 8.60. The van der Waals surface area contributed by atoms with Gasteiger partial charge < -0.3 is 24.1 Å². The van der Waals surface area contributed by atoms with Gasteiger partial charge in [-0.05, 0) is 36.6 Å². The Labute approximate surface area is 185 Å². The number of para-hydroxylation sites is 1. The van der Waals surface area contributed by atoms with Crippen molar-refractivity contribution in [2.75, 3.05) is 59.1 Å². The van der Waals surface area contributed by atoms with E-state index in [4.69, 9.17) is 29.0 Å². The monoisotopic (exact) mass is 449 g/mol. The van der Waals surface area contributed by atoms with Crippen LogP contribution in [0.3, 0.4) is 0 Å². The van der Waals surface area contributed by atoms with Gasteiger partial charge in [0.2, 0.25) is 0 Å². The number of thioether (sulfide) groups is 1. The predicted molar refractivity (Wildman–Crippen MR) is 122 cm³/mol. The molecule has 1 heterocycles. The van der Waals surface area contributed by atoms with Gasteiger partial charge in [-0.15, -0.1) is 23.1 Å². The molecule has 1 N–H and O–H groups in total. The molecular formula is C22H27NO5S2. The number of hydrogen-bond acceptors (Lipinski definition) is 8. The lowest BCUT2D eigenvalue weighted by Gasteiger charge is -2.11. The van der Waals surface area contributed by atoms with E-state index in [9.17, 15) is 0 Å². The topological polar surface area (TPSA) is 70.0 Å². The van der Waals surface area contributed by atoms with Crippen LogP contribution in [0.2, 0.25) is 0 Å². The Hall–Kier alpha value is -1.68. The molecule has 30 heavy (non-hydrogen) atoms. The second kappa shape index (κ2) is 12.9. The van der Waals surface area contributed by atoms with Crippen molar-refractivity contribution < 1.29 is 24.1 Å². The highest BCUT2D eigenvalue weighted by Gasteiger charge is 2.10. The van der Waals surface area contributed by atoms with Crippen LogP contribution in [0.4, 0.5) is 0 Å². The number of aliphatic hydroxyl groups excluding tert-OH is 1. The van der Waals surface area contributed by atoms with E-state index in [-0.39, 0.29) is 6.61 Å². The highest BCUT2D eigenvalue weighted by molar-refractivity contribution is 7.98. The predicted octanol–water partition coefficient (Wildman–Crippen LogP) is 4.11. The Bertz CT molecular complexity index is 869. The molecule has 3 aromatic rings. The Morgan fingerprint density at radius 1 is 0.900 bits per heavy atom. The average molecular weight is 450 g/mol. The number of rotatable bonds is 14. The SMILES string of the molecule is CSc1cc(-c2nc3ccccc3s2)ccc1OCCOCCOCCOCCO. The molecule has 0 saturated carbocycles. The Kier molecular flexibility index (Phi) is 9.88. The lowest BCUT2D eigenvalue weighted by atomic mass is 10.2. The zero-order chi connectivity index (χ0) is 21.0. The standard InChI is InChI=1S/C22H27NO5S2/c1-29-21-16-17(22-23-18-4-2-3-5-20(18)30-22)6-7-19(21)28-15-14-27-13-12-26-11-10-25-9-8-24/h2-7,16,24H,8-15H2,1H3. The minimum Gasteiger partial charge on any atom is -0.490 e. The third-order valence-corrected chi connectivity index (χ3v) is 6.01. The van der Waals surface area contributed by atoms with E-state index in [0.717, 1.165) is 26.7 Å². The van der Waals surface area contributed by atoms with Gasteiger partial charge in [0.25, 0.3) is 0 Å². The van der Waals surface area contributed by atoms with Crippen LogP contribution in [-0.4, -0.2) is 69.2 Å². The van der Waals surface area contributed by atoms with Crippen LogP contribution >= 0.6 is 23.1 Å². The maximum atomic E-state index is 8.60. The number of aliphatic hydroxyl groups is 1. The number of fused-ring (bicyclic) bond motifs is 1. The number of hydrogen-bond donors (Lipinski definition) is 1. The highest BCUT2D eigenvalue weighted by atomic mass is 32.2. The van der Waals surface area contributed by atoms with E-state index in [0.29, 0.717) is 46.2 Å². The molecule has 162 valence electrons. The van der Waals surface area contributed by atoms with Gasteiger partial charge in [-0.25, -0.2) is 4.98 Å². The van der Waals surface area contributed by atoms with Crippen LogP contribution in [0.25, 0.3) is 20.8 Å². The first-order chi connectivity index (χ1) is 14.8. The summed E-state index contributed by atoms with van der Waals surface area (Å²) in [6.45, 7) is 3.35. The van der Waals surface area contributed by atoms with Crippen LogP contribution in [-0.2, 0) is 14.2 Å². The molecule has 0 aliphatic heterocycles. The van der Waals surface area contributed by atoms with Gasteiger partial charge >= 0.3 is 0 Å². The summed E-state index contributed by atoms with van der Waals surface area (Å²) in [7, 11) is 0. The molecular weight excluding hydrogens is 422 g/mol. The van der Waals surface area contributed by atoms with Crippen molar-refractivity contribution >= 4 is 33.3 Å². The molecule has 3 rings (SSSR count). The fraction of sp³-hybridized carbons (Fsp3) is 0.409. The minimum atomic E-state index is 0.0338. The molecule has 0 amide bonds. The Morgan fingerprint density at radius 2 is 1.60 bits per heavy atom. The third kappa shape index (κ3) is 6.94. The van der Waals surface area contributed by atoms with Crippen molar-refractivity contribution in [3.63, 3.8) is 0 Å². The van der Waals surface area contributed by atoms with E-state index in [1.807, 2.05) is 30.5 Å². The first-order valence-corrected chi connectivity index (χ1v) is 11.9. The van der Waals surface area contributed by atoms with E-state index in [2.05, 4.69) is 18.2 Å². The number of aromatic nitrogens is 1. The van der Waals surface area contributed by atoms with Crippen molar-refractivity contribution in [2.45, 2.75) is 4.90 Å². The highest BCUT2D eigenvalue weighted by Crippen LogP contribution is 2.35. The van der Waals surface area contributed by atoms with Crippen LogP contribution in [0.5, 0.6) is 5.75 Å².